The van der Waals surface area contributed by atoms with Crippen molar-refractivity contribution in [2.45, 2.75) is 30.0 Å². The van der Waals surface area contributed by atoms with Crippen LogP contribution in [0.5, 0.6) is 0 Å². The number of aryl methyl sites for hydroxylation is 1. The molecule has 0 radical (unpaired) electrons. The molecule has 1 N–H and O–H groups in total. The van der Waals surface area contributed by atoms with Crippen molar-refractivity contribution in [2.75, 3.05) is 13.1 Å². The summed E-state index contributed by atoms with van der Waals surface area (Å²) in [6, 6.07) is 16.3. The Labute approximate surface area is 164 Å². The Morgan fingerprint density at radius 2 is 2.04 bits per heavy atom. The molecule has 2 aromatic rings. The lowest BCUT2D eigenvalue weighted by atomic mass is 10.1. The maximum atomic E-state index is 13.2. The predicted molar refractivity (Wildman–Crippen MR) is 110 cm³/mol. The molecular weight excluding hydrogens is 356 g/mol. The molecule has 2 amide bonds. The van der Waals surface area contributed by atoms with E-state index in [4.69, 9.17) is 0 Å². The number of carbonyl (C=O) groups is 2. The number of amides is 2. The van der Waals surface area contributed by atoms with Gasteiger partial charge < -0.3 is 10.2 Å². The molecule has 0 saturated heterocycles. The first-order chi connectivity index (χ1) is 13.1. The number of carbonyl (C=O) groups excluding carboxylic acids is 2. The van der Waals surface area contributed by atoms with Gasteiger partial charge in [-0.15, -0.1) is 11.8 Å². The molecule has 5 heteroatoms. The van der Waals surface area contributed by atoms with Crippen molar-refractivity contribution < 1.29 is 9.59 Å². The zero-order valence-corrected chi connectivity index (χ0v) is 16.3. The Balaban J connectivity index is 1.70. The van der Waals surface area contributed by atoms with Gasteiger partial charge in [-0.05, 0) is 36.6 Å². The van der Waals surface area contributed by atoms with E-state index in [1.165, 1.54) is 22.1 Å². The summed E-state index contributed by atoms with van der Waals surface area (Å²) in [5, 5.41) is 2.65. The van der Waals surface area contributed by atoms with Gasteiger partial charge in [-0.3, -0.25) is 9.59 Å². The highest BCUT2D eigenvalue weighted by Crippen LogP contribution is 2.38. The fourth-order valence-electron chi connectivity index (χ4n) is 3.13. The zero-order valence-electron chi connectivity index (χ0n) is 15.5. The Morgan fingerprint density at radius 3 is 2.78 bits per heavy atom. The maximum Gasteiger partial charge on any atom is 0.243 e. The molecule has 1 aliphatic rings. The number of nitrogens with one attached hydrogen (secondary N) is 1. The van der Waals surface area contributed by atoms with E-state index < -0.39 is 0 Å². The molecule has 1 heterocycles. The summed E-state index contributed by atoms with van der Waals surface area (Å²) in [6.45, 7) is 6.95. The van der Waals surface area contributed by atoms with Gasteiger partial charge in [0.25, 0.3) is 0 Å². The zero-order chi connectivity index (χ0) is 19.2. The minimum atomic E-state index is -0.222. The van der Waals surface area contributed by atoms with Crippen LogP contribution in [0.1, 0.15) is 16.7 Å². The third kappa shape index (κ3) is 5.01. The lowest BCUT2D eigenvalue weighted by Crippen LogP contribution is -2.41. The molecule has 1 unspecified atom stereocenters. The highest BCUT2D eigenvalue weighted by Gasteiger charge is 2.31. The van der Waals surface area contributed by atoms with Crippen LogP contribution < -0.4 is 5.32 Å². The molecule has 1 atom stereocenters. The normalized spacial score (nSPS) is 15.1. The topological polar surface area (TPSA) is 49.4 Å². The van der Waals surface area contributed by atoms with Crippen molar-refractivity contribution in [2.24, 2.45) is 0 Å². The van der Waals surface area contributed by atoms with E-state index in [9.17, 15) is 9.59 Å². The van der Waals surface area contributed by atoms with Crippen LogP contribution in [-0.2, 0) is 22.6 Å². The van der Waals surface area contributed by atoms with Crippen LogP contribution in [-0.4, -0.2) is 35.1 Å². The maximum absolute atomic E-state index is 13.2. The van der Waals surface area contributed by atoms with E-state index in [1.807, 2.05) is 35.2 Å². The van der Waals surface area contributed by atoms with E-state index in [0.717, 1.165) is 12.0 Å². The molecule has 1 aliphatic heterocycles. The summed E-state index contributed by atoms with van der Waals surface area (Å²) in [6.07, 6.45) is 2.00. The number of thioether (sulfide) groups is 1. The molecule has 0 fully saturated rings. The first-order valence-electron chi connectivity index (χ1n) is 9.06. The molecule has 3 rings (SSSR count). The van der Waals surface area contributed by atoms with Crippen molar-refractivity contribution in [3.63, 3.8) is 0 Å². The number of fused-ring (bicyclic) bond motifs is 1. The van der Waals surface area contributed by atoms with Gasteiger partial charge >= 0.3 is 0 Å². The quantitative estimate of drug-likeness (QED) is 0.750. The van der Waals surface area contributed by atoms with E-state index in [2.05, 4.69) is 37.0 Å². The minimum Gasteiger partial charge on any atom is -0.351 e. The summed E-state index contributed by atoms with van der Waals surface area (Å²) in [5.41, 5.74) is 3.53. The first-order valence-corrected chi connectivity index (χ1v) is 9.94. The van der Waals surface area contributed by atoms with Crippen LogP contribution in [0, 0.1) is 6.92 Å². The summed E-state index contributed by atoms with van der Waals surface area (Å²) in [5.74, 6) is -0.106. The summed E-state index contributed by atoms with van der Waals surface area (Å²) in [7, 11) is 0. The van der Waals surface area contributed by atoms with E-state index in [0.29, 0.717) is 19.6 Å². The van der Waals surface area contributed by atoms with Gasteiger partial charge in [0.05, 0.1) is 5.25 Å². The van der Waals surface area contributed by atoms with Crippen molar-refractivity contribution >= 4 is 23.6 Å². The molecule has 0 aliphatic carbocycles. The minimum absolute atomic E-state index is 0.111. The number of hydrogen-bond donors (Lipinski definition) is 1. The molecule has 2 aromatic carbocycles. The Kier molecular flexibility index (Phi) is 6.35. The highest BCUT2D eigenvalue weighted by molar-refractivity contribution is 8.01. The molecule has 0 saturated carbocycles. The highest BCUT2D eigenvalue weighted by atomic mass is 32.2. The largest absolute Gasteiger partial charge is 0.351 e. The van der Waals surface area contributed by atoms with Crippen LogP contribution in [0.3, 0.4) is 0 Å². The van der Waals surface area contributed by atoms with Crippen LogP contribution >= 0.6 is 11.8 Å². The third-order valence-corrected chi connectivity index (χ3v) is 5.85. The van der Waals surface area contributed by atoms with Gasteiger partial charge in [-0.2, -0.15) is 0 Å². The second kappa shape index (κ2) is 8.91. The number of nitrogens with zero attached hydrogens (tertiary/aromatic N) is 1. The van der Waals surface area contributed by atoms with E-state index >= 15 is 0 Å². The molecule has 0 spiro atoms. The summed E-state index contributed by atoms with van der Waals surface area (Å²) < 4.78 is 0. The molecule has 27 heavy (non-hydrogen) atoms. The average molecular weight is 381 g/mol. The van der Waals surface area contributed by atoms with Crippen LogP contribution in [0.4, 0.5) is 0 Å². The van der Waals surface area contributed by atoms with Crippen molar-refractivity contribution in [1.82, 2.24) is 10.2 Å². The predicted octanol–water partition coefficient (Wildman–Crippen LogP) is 3.34. The Bertz CT molecular complexity index is 835. The van der Waals surface area contributed by atoms with Gasteiger partial charge in [0.1, 0.15) is 0 Å². The Morgan fingerprint density at radius 1 is 1.26 bits per heavy atom. The second-order valence-corrected chi connectivity index (χ2v) is 7.91. The van der Waals surface area contributed by atoms with Crippen LogP contribution in [0.15, 0.2) is 66.1 Å². The second-order valence-electron chi connectivity index (χ2n) is 6.66. The molecular formula is C22H24N2O2S. The van der Waals surface area contributed by atoms with Gasteiger partial charge in [-0.25, -0.2) is 0 Å². The molecule has 4 nitrogen and oxygen atoms in total. The molecule has 0 aromatic heterocycles. The van der Waals surface area contributed by atoms with Crippen LogP contribution in [0.2, 0.25) is 0 Å². The lowest BCUT2D eigenvalue weighted by Gasteiger charge is -2.25. The van der Waals surface area contributed by atoms with Gasteiger partial charge in [0, 0.05) is 24.5 Å². The van der Waals surface area contributed by atoms with E-state index in [1.54, 1.807) is 11.8 Å². The first kappa shape index (κ1) is 19.2. The van der Waals surface area contributed by atoms with Gasteiger partial charge in [0.2, 0.25) is 11.8 Å². The van der Waals surface area contributed by atoms with Crippen molar-refractivity contribution in [3.05, 3.63) is 77.9 Å². The van der Waals surface area contributed by atoms with Gasteiger partial charge in [-0.1, -0.05) is 54.6 Å². The lowest BCUT2D eigenvalue weighted by molar-refractivity contribution is -0.131. The third-order valence-electron chi connectivity index (χ3n) is 4.57. The van der Waals surface area contributed by atoms with E-state index in [-0.39, 0.29) is 17.1 Å². The SMILES string of the molecule is C=CC(=O)NCCN(Cc1ccccc1)C(=O)C1Cc2ccc(C)cc2S1. The van der Waals surface area contributed by atoms with Crippen molar-refractivity contribution in [1.29, 1.82) is 0 Å². The summed E-state index contributed by atoms with van der Waals surface area (Å²) in [4.78, 5) is 27.7. The fraction of sp³-hybridized carbons (Fsp3) is 0.273. The monoisotopic (exact) mass is 380 g/mol. The van der Waals surface area contributed by atoms with Crippen LogP contribution in [0.25, 0.3) is 0 Å². The van der Waals surface area contributed by atoms with Crippen molar-refractivity contribution in [3.8, 4) is 0 Å². The van der Waals surface area contributed by atoms with Gasteiger partial charge in [0.15, 0.2) is 0 Å². The standard InChI is InChI=1S/C22H24N2O2S/c1-3-21(25)23-11-12-24(15-17-7-5-4-6-8-17)22(26)20-14-18-10-9-16(2)13-19(18)27-20/h3-10,13,20H,1,11-12,14-15H2,2H3,(H,23,25). The molecule has 0 bridgehead atoms. The number of benzene rings is 2. The number of rotatable bonds is 7. The smallest absolute Gasteiger partial charge is 0.243 e. The Hall–Kier alpha value is -2.53. The fourth-order valence-corrected chi connectivity index (χ4v) is 4.51. The number of hydrogen-bond acceptors (Lipinski definition) is 3. The average Bonchev–Trinajstić information content (AvgIpc) is 3.10. The summed E-state index contributed by atoms with van der Waals surface area (Å²) >= 11 is 1.65. The molecule has 140 valence electrons.